The average Bonchev–Trinajstić information content (AvgIpc) is 3.17. The van der Waals surface area contributed by atoms with E-state index in [2.05, 4.69) is 10.1 Å². The largest absolute Gasteiger partial charge is 0.497 e. The fourth-order valence-electron chi connectivity index (χ4n) is 2.41. The Kier molecular flexibility index (Phi) is 3.77. The van der Waals surface area contributed by atoms with Crippen molar-refractivity contribution in [3.05, 3.63) is 74.8 Å². The molecule has 0 radical (unpaired) electrons. The van der Waals surface area contributed by atoms with Crippen LogP contribution in [0.5, 0.6) is 5.75 Å². The molecule has 0 fully saturated rings. The van der Waals surface area contributed by atoms with Gasteiger partial charge in [0.15, 0.2) is 5.82 Å². The molecule has 0 amide bonds. The van der Waals surface area contributed by atoms with Gasteiger partial charge in [-0.1, -0.05) is 23.5 Å². The number of rotatable bonds is 3. The lowest BCUT2D eigenvalue weighted by molar-refractivity contribution is 0.415. The van der Waals surface area contributed by atoms with Crippen LogP contribution in [0.4, 0.5) is 4.39 Å². The summed E-state index contributed by atoms with van der Waals surface area (Å²) < 4.78 is 19.9. The average molecular weight is 353 g/mol. The molecule has 0 aliphatic rings. The number of hydrogen-bond donors (Lipinski definition) is 0. The number of hydrogen-bond acceptors (Lipinski definition) is 5. The Bertz CT molecular complexity index is 1150. The number of aromatic nitrogens is 3. The van der Waals surface area contributed by atoms with Crippen molar-refractivity contribution in [1.29, 1.82) is 0 Å². The number of fused-ring (bicyclic) bond motifs is 1. The molecule has 0 unspecified atom stereocenters. The zero-order chi connectivity index (χ0) is 17.4. The minimum absolute atomic E-state index is 0.239. The highest BCUT2D eigenvalue weighted by atomic mass is 32.1. The maximum absolute atomic E-state index is 13.0. The molecule has 0 aliphatic heterocycles. The van der Waals surface area contributed by atoms with Gasteiger partial charge in [-0.15, -0.1) is 5.10 Å². The van der Waals surface area contributed by atoms with E-state index in [9.17, 15) is 9.18 Å². The topological polar surface area (TPSA) is 56.5 Å². The van der Waals surface area contributed by atoms with Gasteiger partial charge in [-0.3, -0.25) is 4.79 Å². The lowest BCUT2D eigenvalue weighted by atomic mass is 10.2. The zero-order valence-electron chi connectivity index (χ0n) is 13.1. The number of methoxy groups -OCH3 is 1. The number of thiazole rings is 1. The molecule has 0 bridgehead atoms. The summed E-state index contributed by atoms with van der Waals surface area (Å²) in [6.45, 7) is 0. The van der Waals surface area contributed by atoms with Crippen molar-refractivity contribution < 1.29 is 9.13 Å². The summed E-state index contributed by atoms with van der Waals surface area (Å²) in [5.41, 5.74) is 1.31. The van der Waals surface area contributed by atoms with E-state index < -0.39 is 0 Å². The van der Waals surface area contributed by atoms with Gasteiger partial charge in [0.2, 0.25) is 4.96 Å². The summed E-state index contributed by atoms with van der Waals surface area (Å²) in [5.74, 6) is 0.913. The van der Waals surface area contributed by atoms with E-state index in [1.165, 1.54) is 28.0 Å². The van der Waals surface area contributed by atoms with Crippen molar-refractivity contribution in [3.63, 3.8) is 0 Å². The molecule has 2 aromatic heterocycles. The maximum Gasteiger partial charge on any atom is 0.291 e. The van der Waals surface area contributed by atoms with Crippen molar-refractivity contribution in [2.45, 2.75) is 0 Å². The first kappa shape index (κ1) is 15.5. The van der Waals surface area contributed by atoms with Crippen LogP contribution < -0.4 is 14.8 Å². The summed E-state index contributed by atoms with van der Waals surface area (Å²) in [6.07, 6.45) is 1.70. The van der Waals surface area contributed by atoms with Gasteiger partial charge in [0.1, 0.15) is 11.6 Å². The molecule has 2 aromatic carbocycles. The van der Waals surface area contributed by atoms with Crippen LogP contribution in [0.15, 0.2) is 53.3 Å². The number of halogens is 1. The fourth-order valence-corrected chi connectivity index (χ4v) is 3.31. The first-order valence-corrected chi connectivity index (χ1v) is 8.27. The molecule has 7 heteroatoms. The van der Waals surface area contributed by atoms with Crippen LogP contribution in [0.25, 0.3) is 22.4 Å². The van der Waals surface area contributed by atoms with E-state index in [0.717, 1.165) is 16.9 Å². The molecule has 25 heavy (non-hydrogen) atoms. The van der Waals surface area contributed by atoms with Crippen LogP contribution in [0.3, 0.4) is 0 Å². The molecule has 5 nitrogen and oxygen atoms in total. The second-order valence-electron chi connectivity index (χ2n) is 5.33. The Labute approximate surface area is 145 Å². The third kappa shape index (κ3) is 2.89. The van der Waals surface area contributed by atoms with E-state index in [0.29, 0.717) is 15.3 Å². The monoisotopic (exact) mass is 353 g/mol. The first-order valence-electron chi connectivity index (χ1n) is 7.45. The first-order chi connectivity index (χ1) is 12.1. The summed E-state index contributed by atoms with van der Waals surface area (Å²) in [7, 11) is 1.60. The zero-order valence-corrected chi connectivity index (χ0v) is 14.0. The van der Waals surface area contributed by atoms with Crippen molar-refractivity contribution >= 4 is 22.4 Å². The molecule has 0 N–H and O–H groups in total. The smallest absolute Gasteiger partial charge is 0.291 e. The van der Waals surface area contributed by atoms with E-state index in [-0.39, 0.29) is 11.4 Å². The van der Waals surface area contributed by atoms with Gasteiger partial charge in [0.05, 0.1) is 11.6 Å². The molecule has 2 heterocycles. The SMILES string of the molecule is COc1ccc(-c2nc3sc(=Cc4ccc(F)cc4)c(=O)n3n2)cc1. The standard InChI is InChI=1S/C18H12FN3O2S/c1-24-14-8-4-12(5-9-14)16-20-18-22(21-16)17(23)15(25-18)10-11-2-6-13(19)7-3-11/h2-10H,1H3. The summed E-state index contributed by atoms with van der Waals surface area (Å²) >= 11 is 1.25. The van der Waals surface area contributed by atoms with Crippen LogP contribution in [0.2, 0.25) is 0 Å². The van der Waals surface area contributed by atoms with E-state index in [1.54, 1.807) is 25.3 Å². The molecular weight excluding hydrogens is 341 g/mol. The quantitative estimate of drug-likeness (QED) is 0.568. The van der Waals surface area contributed by atoms with Crippen LogP contribution >= 0.6 is 11.3 Å². The van der Waals surface area contributed by atoms with Gasteiger partial charge in [-0.2, -0.15) is 9.50 Å². The highest BCUT2D eigenvalue weighted by Gasteiger charge is 2.12. The summed E-state index contributed by atoms with van der Waals surface area (Å²) in [4.78, 5) is 17.4. The maximum atomic E-state index is 13.0. The third-order valence-corrected chi connectivity index (χ3v) is 4.66. The molecule has 124 valence electrons. The van der Waals surface area contributed by atoms with Gasteiger partial charge in [-0.05, 0) is 48.0 Å². The van der Waals surface area contributed by atoms with Gasteiger partial charge >= 0.3 is 0 Å². The van der Waals surface area contributed by atoms with Crippen LogP contribution in [0, 0.1) is 5.82 Å². The lowest BCUT2D eigenvalue weighted by Crippen LogP contribution is -2.23. The van der Waals surface area contributed by atoms with Crippen molar-refractivity contribution in [3.8, 4) is 17.1 Å². The molecule has 4 rings (SSSR count). The molecule has 0 atom stereocenters. The normalized spacial score (nSPS) is 12.0. The van der Waals surface area contributed by atoms with Crippen molar-refractivity contribution in [2.75, 3.05) is 7.11 Å². The highest BCUT2D eigenvalue weighted by molar-refractivity contribution is 7.15. The molecule has 0 spiro atoms. The Hall–Kier alpha value is -3.06. The molecule has 0 aliphatic carbocycles. The Morgan fingerprint density at radius 3 is 2.48 bits per heavy atom. The van der Waals surface area contributed by atoms with Crippen LogP contribution in [-0.4, -0.2) is 21.7 Å². The molecular formula is C18H12FN3O2S. The third-order valence-electron chi connectivity index (χ3n) is 3.70. The lowest BCUT2D eigenvalue weighted by Gasteiger charge is -1.99. The molecule has 0 saturated heterocycles. The van der Waals surface area contributed by atoms with Crippen molar-refractivity contribution in [1.82, 2.24) is 14.6 Å². The predicted molar refractivity (Wildman–Crippen MR) is 94.3 cm³/mol. The van der Waals surface area contributed by atoms with E-state index >= 15 is 0 Å². The minimum Gasteiger partial charge on any atom is -0.497 e. The minimum atomic E-state index is -0.314. The Morgan fingerprint density at radius 2 is 1.84 bits per heavy atom. The summed E-state index contributed by atoms with van der Waals surface area (Å²) in [5, 5.41) is 4.30. The second-order valence-corrected chi connectivity index (χ2v) is 6.33. The Balaban J connectivity index is 1.76. The van der Waals surface area contributed by atoms with E-state index in [1.807, 2.05) is 24.3 Å². The summed E-state index contributed by atoms with van der Waals surface area (Å²) in [6, 6.07) is 13.3. The fraction of sp³-hybridized carbons (Fsp3) is 0.0556. The van der Waals surface area contributed by atoms with Gasteiger partial charge in [0, 0.05) is 5.56 Å². The number of nitrogens with zero attached hydrogens (tertiary/aromatic N) is 3. The number of benzene rings is 2. The second kappa shape index (κ2) is 6.10. The van der Waals surface area contributed by atoms with Gasteiger partial charge in [0.25, 0.3) is 5.56 Å². The van der Waals surface area contributed by atoms with Crippen molar-refractivity contribution in [2.24, 2.45) is 0 Å². The molecule has 4 aromatic rings. The number of ether oxygens (including phenoxy) is 1. The van der Waals surface area contributed by atoms with Crippen LogP contribution in [-0.2, 0) is 0 Å². The Morgan fingerprint density at radius 1 is 1.12 bits per heavy atom. The van der Waals surface area contributed by atoms with E-state index in [4.69, 9.17) is 4.74 Å². The van der Waals surface area contributed by atoms with Gasteiger partial charge < -0.3 is 4.74 Å². The van der Waals surface area contributed by atoms with Crippen LogP contribution in [0.1, 0.15) is 5.56 Å². The van der Waals surface area contributed by atoms with Gasteiger partial charge in [-0.25, -0.2) is 4.39 Å². The highest BCUT2D eigenvalue weighted by Crippen LogP contribution is 2.20. The molecule has 0 saturated carbocycles. The predicted octanol–water partition coefficient (Wildman–Crippen LogP) is 2.51.